The van der Waals surface area contributed by atoms with Gasteiger partial charge in [0, 0.05) is 5.33 Å². The highest BCUT2D eigenvalue weighted by molar-refractivity contribution is 9.09. The van der Waals surface area contributed by atoms with Gasteiger partial charge in [0.05, 0.1) is 17.6 Å². The van der Waals surface area contributed by atoms with Gasteiger partial charge in [-0.15, -0.1) is 0 Å². The van der Waals surface area contributed by atoms with Crippen molar-refractivity contribution in [3.05, 3.63) is 29.6 Å². The van der Waals surface area contributed by atoms with Crippen LogP contribution in [-0.4, -0.2) is 10.3 Å². The number of alkyl halides is 1. The zero-order valence-corrected chi connectivity index (χ0v) is 9.21. The Kier molecular flexibility index (Phi) is 3.96. The summed E-state index contributed by atoms with van der Waals surface area (Å²) in [6.45, 7) is 2.01. The molecule has 2 N–H and O–H groups in total. The number of halogens is 1. The number of allylic oxidation sites excluding steroid dienone is 1. The molecule has 0 saturated heterocycles. The highest BCUT2D eigenvalue weighted by Crippen LogP contribution is 2.10. The van der Waals surface area contributed by atoms with Gasteiger partial charge in [0.15, 0.2) is 0 Å². The third-order valence-corrected chi connectivity index (χ3v) is 2.15. The Morgan fingerprint density at radius 1 is 1.62 bits per heavy atom. The molecule has 13 heavy (non-hydrogen) atoms. The molecule has 3 heteroatoms. The molecule has 0 saturated carbocycles. The number of pyridine rings is 1. The molecule has 70 valence electrons. The van der Waals surface area contributed by atoms with E-state index in [-0.39, 0.29) is 0 Å². The summed E-state index contributed by atoms with van der Waals surface area (Å²) in [7, 11) is 0. The third-order valence-electron chi connectivity index (χ3n) is 1.69. The lowest BCUT2D eigenvalue weighted by molar-refractivity contribution is 1.22. The molecule has 0 unspecified atom stereocenters. The number of hydrogen-bond donors (Lipinski definition) is 1. The fourth-order valence-corrected chi connectivity index (χ4v) is 1.30. The molecule has 1 heterocycles. The van der Waals surface area contributed by atoms with Crippen molar-refractivity contribution in [1.82, 2.24) is 4.98 Å². The molecule has 0 aliphatic heterocycles. The van der Waals surface area contributed by atoms with E-state index in [1.165, 1.54) is 0 Å². The van der Waals surface area contributed by atoms with Gasteiger partial charge in [-0.1, -0.05) is 22.0 Å². The molecule has 1 aromatic rings. The molecule has 0 spiro atoms. The van der Waals surface area contributed by atoms with Crippen LogP contribution in [-0.2, 0) is 0 Å². The molecule has 0 amide bonds. The number of nitrogens with two attached hydrogens (primary N) is 1. The maximum atomic E-state index is 5.59. The van der Waals surface area contributed by atoms with Gasteiger partial charge in [-0.05, 0) is 31.1 Å². The molecule has 0 radical (unpaired) electrons. The smallest absolute Gasteiger partial charge is 0.0657 e. The Balaban J connectivity index is 2.77. The summed E-state index contributed by atoms with van der Waals surface area (Å²) in [6.07, 6.45) is 6.82. The second-order valence-corrected chi connectivity index (χ2v) is 3.64. The lowest BCUT2D eigenvalue weighted by atomic mass is 10.2. The normalized spacial score (nSPS) is 10.9. The summed E-state index contributed by atoms with van der Waals surface area (Å²) < 4.78 is 0. The molecule has 2 nitrogen and oxygen atoms in total. The number of nitrogen functional groups attached to an aromatic ring is 1. The Hall–Kier alpha value is -0.830. The minimum Gasteiger partial charge on any atom is -0.397 e. The predicted molar refractivity (Wildman–Crippen MR) is 60.8 cm³/mol. The Bertz CT molecular complexity index is 308. The van der Waals surface area contributed by atoms with Crippen LogP contribution in [0.4, 0.5) is 5.69 Å². The van der Waals surface area contributed by atoms with Crippen molar-refractivity contribution in [2.75, 3.05) is 11.1 Å². The molecule has 0 fully saturated rings. The van der Waals surface area contributed by atoms with Crippen molar-refractivity contribution in [1.29, 1.82) is 0 Å². The summed E-state index contributed by atoms with van der Waals surface area (Å²) in [4.78, 5) is 4.22. The van der Waals surface area contributed by atoms with E-state index in [0.29, 0.717) is 0 Å². The zero-order chi connectivity index (χ0) is 9.68. The number of aromatic nitrogens is 1. The average Bonchev–Trinajstić information content (AvgIpc) is 2.09. The van der Waals surface area contributed by atoms with Gasteiger partial charge in [0.25, 0.3) is 0 Å². The Labute approximate surface area is 87.0 Å². The van der Waals surface area contributed by atoms with Crippen LogP contribution in [0.3, 0.4) is 0 Å². The number of aryl methyl sites for hydroxylation is 1. The van der Waals surface area contributed by atoms with E-state index in [4.69, 9.17) is 5.73 Å². The first kappa shape index (κ1) is 10.3. The van der Waals surface area contributed by atoms with E-state index in [0.717, 1.165) is 28.7 Å². The van der Waals surface area contributed by atoms with Crippen LogP contribution >= 0.6 is 15.9 Å². The quantitative estimate of drug-likeness (QED) is 0.826. The van der Waals surface area contributed by atoms with Crippen LogP contribution < -0.4 is 5.73 Å². The summed E-state index contributed by atoms with van der Waals surface area (Å²) in [6, 6.07) is 1.93. The lowest BCUT2D eigenvalue weighted by Crippen LogP contribution is -1.91. The van der Waals surface area contributed by atoms with E-state index in [2.05, 4.69) is 27.0 Å². The second-order valence-electron chi connectivity index (χ2n) is 2.85. The minimum absolute atomic E-state index is 0.718. The van der Waals surface area contributed by atoms with Crippen molar-refractivity contribution >= 4 is 27.7 Å². The monoisotopic (exact) mass is 240 g/mol. The lowest BCUT2D eigenvalue weighted by Gasteiger charge is -1.99. The van der Waals surface area contributed by atoms with Crippen LogP contribution in [0.2, 0.25) is 0 Å². The summed E-state index contributed by atoms with van der Waals surface area (Å²) in [5.74, 6) is 0. The summed E-state index contributed by atoms with van der Waals surface area (Å²) >= 11 is 3.36. The van der Waals surface area contributed by atoms with Gasteiger partial charge in [-0.3, -0.25) is 4.98 Å². The maximum Gasteiger partial charge on any atom is 0.0657 e. The van der Waals surface area contributed by atoms with Gasteiger partial charge in [0.1, 0.15) is 0 Å². The fraction of sp³-hybridized carbons (Fsp3) is 0.300. The van der Waals surface area contributed by atoms with E-state index in [1.54, 1.807) is 6.20 Å². The largest absolute Gasteiger partial charge is 0.397 e. The average molecular weight is 241 g/mol. The maximum absolute atomic E-state index is 5.59. The van der Waals surface area contributed by atoms with Crippen molar-refractivity contribution < 1.29 is 0 Å². The predicted octanol–water partition coefficient (Wildman–Crippen LogP) is 2.77. The van der Waals surface area contributed by atoms with Crippen molar-refractivity contribution in [3.63, 3.8) is 0 Å². The molecular formula is C10H13BrN2. The van der Waals surface area contributed by atoms with Gasteiger partial charge >= 0.3 is 0 Å². The van der Waals surface area contributed by atoms with Gasteiger partial charge in [-0.25, -0.2) is 0 Å². The van der Waals surface area contributed by atoms with Crippen molar-refractivity contribution in [2.45, 2.75) is 13.3 Å². The van der Waals surface area contributed by atoms with E-state index >= 15 is 0 Å². The molecule has 0 bridgehead atoms. The van der Waals surface area contributed by atoms with Crippen LogP contribution in [0.1, 0.15) is 17.7 Å². The van der Waals surface area contributed by atoms with Crippen molar-refractivity contribution in [2.24, 2.45) is 0 Å². The van der Waals surface area contributed by atoms with Gasteiger partial charge < -0.3 is 5.73 Å². The molecule has 0 aliphatic rings. The Morgan fingerprint density at radius 2 is 2.38 bits per heavy atom. The molecule has 0 aromatic carbocycles. The topological polar surface area (TPSA) is 38.9 Å². The van der Waals surface area contributed by atoms with Gasteiger partial charge in [0.2, 0.25) is 0 Å². The van der Waals surface area contributed by atoms with E-state index in [9.17, 15) is 0 Å². The van der Waals surface area contributed by atoms with E-state index in [1.807, 2.05) is 19.1 Å². The highest BCUT2D eigenvalue weighted by atomic mass is 79.9. The highest BCUT2D eigenvalue weighted by Gasteiger charge is 1.94. The molecule has 0 atom stereocenters. The number of nitrogens with zero attached hydrogens (tertiary/aromatic N) is 1. The third kappa shape index (κ3) is 3.19. The fourth-order valence-electron chi connectivity index (χ4n) is 1.04. The summed E-state index contributed by atoms with van der Waals surface area (Å²) in [5, 5.41) is 0.984. The molecule has 1 rings (SSSR count). The first-order valence-electron chi connectivity index (χ1n) is 4.18. The van der Waals surface area contributed by atoms with Crippen LogP contribution in [0.25, 0.3) is 6.08 Å². The first-order valence-corrected chi connectivity index (χ1v) is 5.31. The number of rotatable bonds is 3. The summed E-state index contributed by atoms with van der Waals surface area (Å²) in [5.41, 5.74) is 8.42. The van der Waals surface area contributed by atoms with Crippen molar-refractivity contribution in [3.8, 4) is 0 Å². The molecular weight excluding hydrogens is 228 g/mol. The Morgan fingerprint density at radius 3 is 3.00 bits per heavy atom. The van der Waals surface area contributed by atoms with Gasteiger partial charge in [-0.2, -0.15) is 0 Å². The second kappa shape index (κ2) is 5.02. The SMILES string of the molecule is Cc1cc(N)cnc1C=CCCBr. The van der Waals surface area contributed by atoms with Crippen LogP contribution in [0, 0.1) is 6.92 Å². The van der Waals surface area contributed by atoms with E-state index < -0.39 is 0 Å². The number of hydrogen-bond acceptors (Lipinski definition) is 2. The first-order chi connectivity index (χ1) is 6.24. The standard InChI is InChI=1S/C10H13BrN2/c1-8-6-9(12)7-13-10(8)4-2-3-5-11/h2,4,6-7H,3,5,12H2,1H3. The molecule has 0 aliphatic carbocycles. The molecule has 1 aromatic heterocycles. The van der Waals surface area contributed by atoms with Crippen LogP contribution in [0.5, 0.6) is 0 Å². The van der Waals surface area contributed by atoms with Crippen LogP contribution in [0.15, 0.2) is 18.3 Å². The zero-order valence-electron chi connectivity index (χ0n) is 7.63. The number of anilines is 1. The minimum atomic E-state index is 0.718.